The number of hydrogen-bond acceptors (Lipinski definition) is 4. The number of nitrogens with one attached hydrogen (secondary N) is 1. The lowest BCUT2D eigenvalue weighted by Gasteiger charge is -2.16. The van der Waals surface area contributed by atoms with Gasteiger partial charge in [0, 0.05) is 18.8 Å². The zero-order valence-electron chi connectivity index (χ0n) is 18.4. The molecule has 0 spiro atoms. The standard InChI is InChI=1S/C25H30N2O3/c1-16(2)30-14-6-13-27-24(28)22(20-10-9-18(4)19(5)15-20)23(25(27)29)26-21-11-7-17(3)8-12-21/h7-12,15-16,26H,6,13-14H2,1-5H3. The molecule has 5 heteroatoms. The van der Waals surface area contributed by atoms with E-state index in [4.69, 9.17) is 4.74 Å². The molecule has 0 saturated carbocycles. The van der Waals surface area contributed by atoms with Crippen LogP contribution >= 0.6 is 0 Å². The fourth-order valence-electron chi connectivity index (χ4n) is 3.38. The molecule has 0 fully saturated rings. The molecule has 5 nitrogen and oxygen atoms in total. The fraction of sp³-hybridized carbons (Fsp3) is 0.360. The zero-order chi connectivity index (χ0) is 21.8. The summed E-state index contributed by atoms with van der Waals surface area (Å²) in [4.78, 5) is 27.8. The molecule has 1 heterocycles. The van der Waals surface area contributed by atoms with Gasteiger partial charge >= 0.3 is 0 Å². The van der Waals surface area contributed by atoms with Gasteiger partial charge in [0.1, 0.15) is 5.70 Å². The Morgan fingerprint density at radius 2 is 1.63 bits per heavy atom. The van der Waals surface area contributed by atoms with Crippen LogP contribution in [0.4, 0.5) is 5.69 Å². The number of anilines is 1. The molecule has 0 aromatic heterocycles. The summed E-state index contributed by atoms with van der Waals surface area (Å²) in [7, 11) is 0. The van der Waals surface area contributed by atoms with E-state index in [2.05, 4.69) is 5.32 Å². The van der Waals surface area contributed by atoms with Crippen molar-refractivity contribution in [2.24, 2.45) is 0 Å². The van der Waals surface area contributed by atoms with Gasteiger partial charge in [0.25, 0.3) is 11.8 Å². The highest BCUT2D eigenvalue weighted by atomic mass is 16.5. The van der Waals surface area contributed by atoms with E-state index in [-0.39, 0.29) is 17.9 Å². The third kappa shape index (κ3) is 4.79. The Hall–Kier alpha value is -2.92. The van der Waals surface area contributed by atoms with Crippen molar-refractivity contribution in [2.45, 2.75) is 47.1 Å². The number of aryl methyl sites for hydroxylation is 3. The van der Waals surface area contributed by atoms with Crippen molar-refractivity contribution in [1.82, 2.24) is 4.90 Å². The first-order valence-electron chi connectivity index (χ1n) is 10.4. The van der Waals surface area contributed by atoms with Crippen LogP contribution in [0.25, 0.3) is 5.57 Å². The number of ether oxygens (including phenoxy) is 1. The number of hydrogen-bond donors (Lipinski definition) is 1. The quantitative estimate of drug-likeness (QED) is 0.513. The minimum atomic E-state index is -0.293. The van der Waals surface area contributed by atoms with Gasteiger partial charge < -0.3 is 10.1 Å². The fourth-order valence-corrected chi connectivity index (χ4v) is 3.38. The predicted molar refractivity (Wildman–Crippen MR) is 120 cm³/mol. The molecule has 0 atom stereocenters. The van der Waals surface area contributed by atoms with Gasteiger partial charge in [-0.15, -0.1) is 0 Å². The molecule has 1 aliphatic heterocycles. The Labute approximate surface area is 178 Å². The Balaban J connectivity index is 1.92. The first-order chi connectivity index (χ1) is 14.3. The molecule has 0 bridgehead atoms. The third-order valence-electron chi connectivity index (χ3n) is 5.26. The normalized spacial score (nSPS) is 14.3. The van der Waals surface area contributed by atoms with E-state index in [1.165, 1.54) is 4.90 Å². The molecule has 0 unspecified atom stereocenters. The summed E-state index contributed by atoms with van der Waals surface area (Å²) in [6.07, 6.45) is 0.728. The van der Waals surface area contributed by atoms with Gasteiger partial charge in [0.05, 0.1) is 11.7 Å². The minimum absolute atomic E-state index is 0.123. The van der Waals surface area contributed by atoms with Crippen LogP contribution in [0.5, 0.6) is 0 Å². The van der Waals surface area contributed by atoms with E-state index in [9.17, 15) is 9.59 Å². The maximum absolute atomic E-state index is 13.3. The van der Waals surface area contributed by atoms with Crippen molar-refractivity contribution in [2.75, 3.05) is 18.5 Å². The lowest BCUT2D eigenvalue weighted by molar-refractivity contribution is -0.137. The Bertz CT molecular complexity index is 974. The SMILES string of the molecule is Cc1ccc(NC2=C(c3ccc(C)c(C)c3)C(=O)N(CCCOC(C)C)C2=O)cc1. The number of benzene rings is 2. The summed E-state index contributed by atoms with van der Waals surface area (Å²) in [6.45, 7) is 10.8. The van der Waals surface area contributed by atoms with Crippen LogP contribution in [0.3, 0.4) is 0 Å². The Kier molecular flexibility index (Phi) is 6.73. The van der Waals surface area contributed by atoms with Crippen molar-refractivity contribution in [1.29, 1.82) is 0 Å². The summed E-state index contributed by atoms with van der Waals surface area (Å²) >= 11 is 0. The van der Waals surface area contributed by atoms with E-state index in [0.717, 1.165) is 27.9 Å². The first kappa shape index (κ1) is 21.8. The second-order valence-corrected chi connectivity index (χ2v) is 8.08. The van der Waals surface area contributed by atoms with Crippen LogP contribution in [-0.2, 0) is 14.3 Å². The van der Waals surface area contributed by atoms with E-state index in [1.807, 2.05) is 77.1 Å². The largest absolute Gasteiger partial charge is 0.379 e. The van der Waals surface area contributed by atoms with Crippen LogP contribution in [0.1, 0.15) is 42.5 Å². The Morgan fingerprint density at radius 1 is 0.933 bits per heavy atom. The van der Waals surface area contributed by atoms with Crippen molar-refractivity contribution in [3.63, 3.8) is 0 Å². The van der Waals surface area contributed by atoms with E-state index < -0.39 is 0 Å². The van der Waals surface area contributed by atoms with Crippen LogP contribution in [0.15, 0.2) is 48.2 Å². The average molecular weight is 407 g/mol. The van der Waals surface area contributed by atoms with E-state index in [0.29, 0.717) is 30.8 Å². The highest BCUT2D eigenvalue weighted by Crippen LogP contribution is 2.31. The molecule has 0 radical (unpaired) electrons. The number of nitrogens with zero attached hydrogens (tertiary/aromatic N) is 1. The molecule has 30 heavy (non-hydrogen) atoms. The van der Waals surface area contributed by atoms with E-state index >= 15 is 0 Å². The maximum Gasteiger partial charge on any atom is 0.278 e. The van der Waals surface area contributed by atoms with Gasteiger partial charge in [-0.3, -0.25) is 14.5 Å². The molecule has 0 aliphatic carbocycles. The van der Waals surface area contributed by atoms with Crippen molar-refractivity contribution < 1.29 is 14.3 Å². The zero-order valence-corrected chi connectivity index (χ0v) is 18.4. The van der Waals surface area contributed by atoms with E-state index in [1.54, 1.807) is 0 Å². The molecular weight excluding hydrogens is 376 g/mol. The van der Waals surface area contributed by atoms with Gasteiger partial charge in [-0.2, -0.15) is 0 Å². The summed E-state index contributed by atoms with van der Waals surface area (Å²) in [5, 5.41) is 3.21. The van der Waals surface area contributed by atoms with Gasteiger partial charge in [0.15, 0.2) is 0 Å². The lowest BCUT2D eigenvalue weighted by atomic mass is 9.99. The number of imide groups is 1. The molecule has 1 aliphatic rings. The van der Waals surface area contributed by atoms with Gasteiger partial charge in [-0.1, -0.05) is 35.9 Å². The van der Waals surface area contributed by atoms with Crippen molar-refractivity contribution in [3.8, 4) is 0 Å². The molecular formula is C25H30N2O3. The summed E-state index contributed by atoms with van der Waals surface area (Å²) in [5.74, 6) is -0.555. The first-order valence-corrected chi connectivity index (χ1v) is 10.4. The molecule has 0 saturated heterocycles. The highest BCUT2D eigenvalue weighted by Gasteiger charge is 2.38. The van der Waals surface area contributed by atoms with Gasteiger partial charge in [-0.05, 0) is 69.9 Å². The van der Waals surface area contributed by atoms with Crippen LogP contribution < -0.4 is 5.32 Å². The van der Waals surface area contributed by atoms with Crippen molar-refractivity contribution in [3.05, 3.63) is 70.4 Å². The summed E-state index contributed by atoms with van der Waals surface area (Å²) in [5.41, 5.74) is 5.65. The monoisotopic (exact) mass is 406 g/mol. The second-order valence-electron chi connectivity index (χ2n) is 8.08. The smallest absolute Gasteiger partial charge is 0.278 e. The number of carbonyl (C=O) groups excluding carboxylic acids is 2. The molecule has 158 valence electrons. The molecule has 2 aromatic carbocycles. The predicted octanol–water partition coefficient (Wildman–Crippen LogP) is 4.62. The molecule has 1 N–H and O–H groups in total. The summed E-state index contributed by atoms with van der Waals surface area (Å²) < 4.78 is 5.57. The number of carbonyl (C=O) groups is 2. The molecule has 2 amide bonds. The minimum Gasteiger partial charge on any atom is -0.379 e. The lowest BCUT2D eigenvalue weighted by Crippen LogP contribution is -2.34. The highest BCUT2D eigenvalue weighted by molar-refractivity contribution is 6.36. The Morgan fingerprint density at radius 3 is 2.27 bits per heavy atom. The number of rotatable bonds is 8. The van der Waals surface area contributed by atoms with Gasteiger partial charge in [-0.25, -0.2) is 0 Å². The molecule has 3 rings (SSSR count). The maximum atomic E-state index is 13.3. The molecule has 2 aromatic rings. The van der Waals surface area contributed by atoms with Crippen LogP contribution in [0, 0.1) is 20.8 Å². The van der Waals surface area contributed by atoms with Crippen LogP contribution in [-0.4, -0.2) is 36.0 Å². The third-order valence-corrected chi connectivity index (χ3v) is 5.26. The average Bonchev–Trinajstić information content (AvgIpc) is 2.93. The topological polar surface area (TPSA) is 58.6 Å². The summed E-state index contributed by atoms with van der Waals surface area (Å²) in [6, 6.07) is 13.6. The van der Waals surface area contributed by atoms with Gasteiger partial charge in [0.2, 0.25) is 0 Å². The van der Waals surface area contributed by atoms with Crippen LogP contribution in [0.2, 0.25) is 0 Å². The second kappa shape index (κ2) is 9.26. The number of amides is 2. The van der Waals surface area contributed by atoms with Crippen molar-refractivity contribution >= 4 is 23.1 Å².